The van der Waals surface area contributed by atoms with Gasteiger partial charge in [0, 0.05) is 24.1 Å². The molecule has 5 nitrogen and oxygen atoms in total. The third-order valence-corrected chi connectivity index (χ3v) is 6.10. The van der Waals surface area contributed by atoms with Gasteiger partial charge in [-0.05, 0) is 52.8 Å². The van der Waals surface area contributed by atoms with Crippen LogP contribution in [0.25, 0.3) is 17.2 Å². The molecule has 0 saturated heterocycles. The van der Waals surface area contributed by atoms with Gasteiger partial charge in [0.1, 0.15) is 6.61 Å². The summed E-state index contributed by atoms with van der Waals surface area (Å²) in [5.41, 5.74) is 6.44. The van der Waals surface area contributed by atoms with Crippen molar-refractivity contribution in [2.24, 2.45) is 0 Å². The minimum Gasteiger partial charge on any atom is -0.449 e. The number of hydrogen-bond acceptors (Lipinski definition) is 3. The highest BCUT2D eigenvalue weighted by molar-refractivity contribution is 5.94. The number of carbonyl (C=O) groups is 2. The van der Waals surface area contributed by atoms with Crippen LogP contribution in [0, 0.1) is 0 Å². The zero-order chi connectivity index (χ0) is 22.6. The van der Waals surface area contributed by atoms with E-state index in [9.17, 15) is 9.59 Å². The number of fused-ring (bicyclic) bond motifs is 3. The van der Waals surface area contributed by atoms with Crippen LogP contribution in [0.4, 0.5) is 4.79 Å². The van der Waals surface area contributed by atoms with Crippen LogP contribution in [0.5, 0.6) is 0 Å². The first-order valence-electron chi connectivity index (χ1n) is 11.4. The average Bonchev–Trinajstić information content (AvgIpc) is 3.61. The maximum absolute atomic E-state index is 12.2. The molecular weight excluding hydrogens is 412 g/mol. The average molecular weight is 439 g/mol. The lowest BCUT2D eigenvalue weighted by atomic mass is 9.98. The molecule has 166 valence electrons. The first kappa shape index (κ1) is 21.0. The van der Waals surface area contributed by atoms with Gasteiger partial charge in [-0.1, -0.05) is 72.8 Å². The van der Waals surface area contributed by atoms with Gasteiger partial charge in [-0.25, -0.2) is 4.79 Å². The predicted octanol–water partition coefficient (Wildman–Crippen LogP) is 5.13. The van der Waals surface area contributed by atoms with Crippen molar-refractivity contribution in [3.63, 3.8) is 0 Å². The van der Waals surface area contributed by atoms with Crippen LogP contribution in [0.15, 0.2) is 78.9 Å². The summed E-state index contributed by atoms with van der Waals surface area (Å²) in [5, 5.41) is 5.75. The van der Waals surface area contributed by atoms with Gasteiger partial charge in [0.25, 0.3) is 5.91 Å². The van der Waals surface area contributed by atoms with E-state index in [-0.39, 0.29) is 11.8 Å². The molecule has 5 rings (SSSR count). The Morgan fingerprint density at radius 3 is 2.15 bits per heavy atom. The molecule has 0 radical (unpaired) electrons. The lowest BCUT2D eigenvalue weighted by molar-refractivity contribution is 0.0951. The Labute approximate surface area is 193 Å². The van der Waals surface area contributed by atoms with Crippen LogP contribution in [0.2, 0.25) is 0 Å². The molecule has 2 amide bonds. The number of amides is 2. The second-order valence-corrected chi connectivity index (χ2v) is 8.48. The summed E-state index contributed by atoms with van der Waals surface area (Å²) in [4.78, 5) is 24.3. The molecule has 2 aliphatic carbocycles. The van der Waals surface area contributed by atoms with Gasteiger partial charge in [-0.3, -0.25) is 4.79 Å². The van der Waals surface area contributed by atoms with E-state index in [1.54, 1.807) is 0 Å². The van der Waals surface area contributed by atoms with Crippen molar-refractivity contribution >= 4 is 18.1 Å². The fraction of sp³-hybridized carbons (Fsp3) is 0.214. The van der Waals surface area contributed by atoms with Gasteiger partial charge in [-0.2, -0.15) is 0 Å². The van der Waals surface area contributed by atoms with E-state index in [0.29, 0.717) is 24.8 Å². The molecule has 1 fully saturated rings. The summed E-state index contributed by atoms with van der Waals surface area (Å²) in [6, 6.07) is 24.3. The van der Waals surface area contributed by atoms with Crippen LogP contribution in [0.3, 0.4) is 0 Å². The highest BCUT2D eigenvalue weighted by Crippen LogP contribution is 2.44. The van der Waals surface area contributed by atoms with Crippen LogP contribution in [0.1, 0.15) is 45.8 Å². The summed E-state index contributed by atoms with van der Waals surface area (Å²) in [6.45, 7) is 0.661. The smallest absolute Gasteiger partial charge is 0.407 e. The first-order valence-corrected chi connectivity index (χ1v) is 11.4. The number of rotatable bonds is 7. The molecule has 0 unspecified atom stereocenters. The number of hydrogen-bond donors (Lipinski definition) is 2. The van der Waals surface area contributed by atoms with Crippen molar-refractivity contribution < 1.29 is 14.3 Å². The zero-order valence-corrected chi connectivity index (χ0v) is 18.3. The maximum Gasteiger partial charge on any atom is 0.407 e. The van der Waals surface area contributed by atoms with Crippen molar-refractivity contribution in [1.82, 2.24) is 10.6 Å². The third-order valence-electron chi connectivity index (χ3n) is 6.10. The summed E-state index contributed by atoms with van der Waals surface area (Å²) in [6.07, 6.45) is 5.48. The minimum absolute atomic E-state index is 0.0232. The number of alkyl carbamates (subject to hydrolysis) is 1. The largest absolute Gasteiger partial charge is 0.449 e. The highest BCUT2D eigenvalue weighted by atomic mass is 16.5. The summed E-state index contributed by atoms with van der Waals surface area (Å²) in [7, 11) is 0. The molecule has 33 heavy (non-hydrogen) atoms. The van der Waals surface area contributed by atoms with Crippen LogP contribution in [-0.4, -0.2) is 31.2 Å². The Hall–Kier alpha value is -3.86. The van der Waals surface area contributed by atoms with Crippen molar-refractivity contribution in [2.75, 3.05) is 13.2 Å². The van der Waals surface area contributed by atoms with E-state index in [4.69, 9.17) is 4.74 Å². The van der Waals surface area contributed by atoms with E-state index in [0.717, 1.165) is 18.4 Å². The SMILES string of the molecule is O=C(NCC=Cc1ccc(C(=O)NC2CC2)cc1)OCC1c2ccccc2-c2ccccc21. The van der Waals surface area contributed by atoms with E-state index >= 15 is 0 Å². The monoisotopic (exact) mass is 438 g/mol. The molecule has 0 bridgehead atoms. The quantitative estimate of drug-likeness (QED) is 0.537. The van der Waals surface area contributed by atoms with Crippen LogP contribution >= 0.6 is 0 Å². The summed E-state index contributed by atoms with van der Waals surface area (Å²) < 4.78 is 5.54. The van der Waals surface area contributed by atoms with E-state index < -0.39 is 6.09 Å². The number of ether oxygens (including phenoxy) is 1. The minimum atomic E-state index is -0.436. The second kappa shape index (κ2) is 9.33. The Morgan fingerprint density at radius 1 is 0.879 bits per heavy atom. The Balaban J connectivity index is 1.10. The van der Waals surface area contributed by atoms with Gasteiger partial charge >= 0.3 is 6.09 Å². The molecule has 0 spiro atoms. The third kappa shape index (κ3) is 4.82. The zero-order valence-electron chi connectivity index (χ0n) is 18.3. The van der Waals surface area contributed by atoms with E-state index in [1.165, 1.54) is 22.3 Å². The first-order chi connectivity index (χ1) is 16.2. The van der Waals surface area contributed by atoms with Crippen molar-refractivity contribution in [1.29, 1.82) is 0 Å². The predicted molar refractivity (Wildman–Crippen MR) is 129 cm³/mol. The summed E-state index contributed by atoms with van der Waals surface area (Å²) in [5.74, 6) is 0.0271. The molecular formula is C28H26N2O3. The Kier molecular flexibility index (Phi) is 5.94. The van der Waals surface area contributed by atoms with Gasteiger partial charge < -0.3 is 15.4 Å². The van der Waals surface area contributed by atoms with Gasteiger partial charge in [0.2, 0.25) is 0 Å². The molecule has 0 atom stereocenters. The Bertz CT molecular complexity index is 1150. The number of nitrogens with one attached hydrogen (secondary N) is 2. The van der Waals surface area contributed by atoms with Crippen molar-refractivity contribution in [3.05, 3.63) is 101 Å². The van der Waals surface area contributed by atoms with Gasteiger partial charge in [0.15, 0.2) is 0 Å². The van der Waals surface area contributed by atoms with Crippen molar-refractivity contribution in [3.8, 4) is 11.1 Å². The summed E-state index contributed by atoms with van der Waals surface area (Å²) >= 11 is 0. The molecule has 3 aromatic rings. The molecule has 2 N–H and O–H groups in total. The normalized spacial score (nSPS) is 14.5. The van der Waals surface area contributed by atoms with E-state index in [2.05, 4.69) is 34.9 Å². The van der Waals surface area contributed by atoms with Gasteiger partial charge in [-0.15, -0.1) is 0 Å². The molecule has 0 aromatic heterocycles. The lowest BCUT2D eigenvalue weighted by Gasteiger charge is -2.14. The van der Waals surface area contributed by atoms with Gasteiger partial charge in [0.05, 0.1) is 0 Å². The lowest BCUT2D eigenvalue weighted by Crippen LogP contribution is -2.26. The van der Waals surface area contributed by atoms with Crippen LogP contribution < -0.4 is 10.6 Å². The van der Waals surface area contributed by atoms with E-state index in [1.807, 2.05) is 60.7 Å². The fourth-order valence-corrected chi connectivity index (χ4v) is 4.23. The Morgan fingerprint density at radius 2 is 1.52 bits per heavy atom. The number of carbonyl (C=O) groups excluding carboxylic acids is 2. The standard InChI is InChI=1S/C28H26N2O3/c31-27(30-21-15-16-21)20-13-11-19(12-14-20)6-5-17-29-28(32)33-18-26-24-9-3-1-7-22(24)23-8-2-4-10-25(23)26/h1-14,21,26H,15-18H2,(H,29,32)(H,30,31). The maximum atomic E-state index is 12.2. The topological polar surface area (TPSA) is 67.4 Å². The number of benzene rings is 3. The molecule has 1 saturated carbocycles. The fourth-order valence-electron chi connectivity index (χ4n) is 4.23. The highest BCUT2D eigenvalue weighted by Gasteiger charge is 2.29. The second-order valence-electron chi connectivity index (χ2n) is 8.48. The van der Waals surface area contributed by atoms with Crippen LogP contribution in [-0.2, 0) is 4.74 Å². The molecule has 3 aromatic carbocycles. The molecule has 2 aliphatic rings. The molecule has 0 aliphatic heterocycles. The molecule has 0 heterocycles. The molecule has 5 heteroatoms. The van der Waals surface area contributed by atoms with Crippen molar-refractivity contribution in [2.45, 2.75) is 24.8 Å².